The van der Waals surface area contributed by atoms with E-state index in [1.165, 1.54) is 11.1 Å². The van der Waals surface area contributed by atoms with Crippen LogP contribution in [0.1, 0.15) is 62.2 Å². The number of nitrogens with zero attached hydrogens (tertiary/aromatic N) is 4. The van der Waals surface area contributed by atoms with Gasteiger partial charge in [-0.1, -0.05) is 75.4 Å². The number of ether oxygens (including phenoxy) is 1. The zero-order valence-corrected chi connectivity index (χ0v) is 27.0. The molecule has 1 aromatic heterocycles. The SMILES string of the molecule is CCn1c(CCCc2cccc(-c3ccc(OCCN(C)C)c(CC(=O)O)c3)c2)nn(Cc2ccc(C(C)(C)C)cc2)c1=O. The van der Waals surface area contributed by atoms with Crippen LogP contribution < -0.4 is 10.4 Å². The molecular formula is C36H46N4O4. The highest BCUT2D eigenvalue weighted by Crippen LogP contribution is 2.28. The van der Waals surface area contributed by atoms with Gasteiger partial charge in [-0.15, -0.1) is 0 Å². The highest BCUT2D eigenvalue weighted by molar-refractivity contribution is 5.74. The van der Waals surface area contributed by atoms with Crippen LogP contribution in [0.2, 0.25) is 0 Å². The Kier molecular flexibility index (Phi) is 10.8. The number of hydrogen-bond donors (Lipinski definition) is 1. The van der Waals surface area contributed by atoms with Gasteiger partial charge in [-0.3, -0.25) is 9.36 Å². The number of aryl methyl sites for hydroxylation is 2. The maximum Gasteiger partial charge on any atom is 0.346 e. The molecule has 0 aliphatic carbocycles. The first-order valence-electron chi connectivity index (χ1n) is 15.4. The first-order valence-corrected chi connectivity index (χ1v) is 15.4. The molecule has 234 valence electrons. The predicted octanol–water partition coefficient (Wildman–Crippen LogP) is 5.82. The molecular weight excluding hydrogens is 552 g/mol. The lowest BCUT2D eigenvalue weighted by molar-refractivity contribution is -0.136. The second-order valence-corrected chi connectivity index (χ2v) is 12.6. The number of likely N-dealkylation sites (N-methyl/N-ethyl adjacent to an activating group) is 1. The van der Waals surface area contributed by atoms with E-state index in [0.717, 1.165) is 41.9 Å². The molecule has 4 aromatic rings. The van der Waals surface area contributed by atoms with Crippen LogP contribution >= 0.6 is 0 Å². The first-order chi connectivity index (χ1) is 20.9. The van der Waals surface area contributed by atoms with Crippen LogP contribution in [0.5, 0.6) is 5.75 Å². The summed E-state index contributed by atoms with van der Waals surface area (Å²) in [7, 11) is 3.95. The minimum absolute atomic E-state index is 0.0734. The van der Waals surface area contributed by atoms with Crippen molar-refractivity contribution in [3.05, 3.63) is 105 Å². The van der Waals surface area contributed by atoms with Gasteiger partial charge in [0.05, 0.1) is 13.0 Å². The van der Waals surface area contributed by atoms with Gasteiger partial charge in [0.1, 0.15) is 18.2 Å². The molecule has 0 atom stereocenters. The summed E-state index contributed by atoms with van der Waals surface area (Å²) in [6, 6.07) is 22.5. The molecule has 0 unspecified atom stereocenters. The van der Waals surface area contributed by atoms with Gasteiger partial charge in [0.2, 0.25) is 0 Å². The normalized spacial score (nSPS) is 11.7. The Balaban J connectivity index is 1.43. The summed E-state index contributed by atoms with van der Waals surface area (Å²) in [5.74, 6) is 0.528. The highest BCUT2D eigenvalue weighted by Gasteiger charge is 2.16. The van der Waals surface area contributed by atoms with E-state index in [2.05, 4.69) is 57.2 Å². The third kappa shape index (κ3) is 8.69. The summed E-state index contributed by atoms with van der Waals surface area (Å²) < 4.78 is 9.25. The van der Waals surface area contributed by atoms with Crippen LogP contribution in [0, 0.1) is 0 Å². The van der Waals surface area contributed by atoms with Crippen LogP contribution in [0.3, 0.4) is 0 Å². The maximum atomic E-state index is 13.1. The van der Waals surface area contributed by atoms with E-state index in [-0.39, 0.29) is 17.5 Å². The summed E-state index contributed by atoms with van der Waals surface area (Å²) in [6.07, 6.45) is 2.29. The number of carboxylic acids is 1. The molecule has 0 radical (unpaired) electrons. The van der Waals surface area contributed by atoms with Gasteiger partial charge in [0.25, 0.3) is 0 Å². The van der Waals surface area contributed by atoms with Crippen molar-refractivity contribution >= 4 is 5.97 Å². The number of aliphatic carboxylic acids is 1. The van der Waals surface area contributed by atoms with E-state index < -0.39 is 5.97 Å². The molecule has 3 aromatic carbocycles. The Bertz CT molecular complexity index is 1610. The lowest BCUT2D eigenvalue weighted by Crippen LogP contribution is -2.25. The van der Waals surface area contributed by atoms with E-state index in [9.17, 15) is 14.7 Å². The zero-order chi connectivity index (χ0) is 31.9. The Labute approximate surface area is 260 Å². The Morgan fingerprint density at radius 2 is 1.68 bits per heavy atom. The van der Waals surface area contributed by atoms with Crippen LogP contribution in [0.4, 0.5) is 0 Å². The molecule has 0 spiro atoms. The summed E-state index contributed by atoms with van der Waals surface area (Å²) in [6.45, 7) is 10.8. The maximum absolute atomic E-state index is 13.1. The van der Waals surface area contributed by atoms with Crippen molar-refractivity contribution in [3.63, 3.8) is 0 Å². The molecule has 1 N–H and O–H groups in total. The smallest absolute Gasteiger partial charge is 0.346 e. The van der Waals surface area contributed by atoms with Crippen molar-refractivity contribution in [1.82, 2.24) is 19.2 Å². The quantitative estimate of drug-likeness (QED) is 0.197. The lowest BCUT2D eigenvalue weighted by atomic mass is 9.87. The van der Waals surface area contributed by atoms with Crippen LogP contribution in [-0.2, 0) is 42.6 Å². The lowest BCUT2D eigenvalue weighted by Gasteiger charge is -2.19. The van der Waals surface area contributed by atoms with Gasteiger partial charge in [-0.25, -0.2) is 9.48 Å². The van der Waals surface area contributed by atoms with E-state index in [1.807, 2.05) is 56.3 Å². The molecule has 0 aliphatic rings. The standard InChI is InChI=1S/C36H46N4O4/c1-7-39-33(37-40(35(39)43)25-27-14-17-31(18-15-27)36(2,3)4)13-9-11-26-10-8-12-28(22-26)29-16-19-32(44-21-20-38(5)6)30(23-29)24-34(41)42/h8,10,12,14-19,22-23H,7,9,11,13,20-21,24-25H2,1-6H3,(H,41,42). The minimum atomic E-state index is -0.889. The molecule has 0 fully saturated rings. The van der Waals surface area contributed by atoms with Crippen molar-refractivity contribution in [1.29, 1.82) is 0 Å². The second-order valence-electron chi connectivity index (χ2n) is 12.6. The third-order valence-electron chi connectivity index (χ3n) is 7.79. The fraction of sp³-hybridized carbons (Fsp3) is 0.417. The highest BCUT2D eigenvalue weighted by atomic mass is 16.5. The minimum Gasteiger partial charge on any atom is -0.492 e. The first kappa shape index (κ1) is 32.7. The topological polar surface area (TPSA) is 89.6 Å². The monoisotopic (exact) mass is 598 g/mol. The van der Waals surface area contributed by atoms with Crippen molar-refractivity contribution in [2.75, 3.05) is 27.2 Å². The van der Waals surface area contributed by atoms with Crippen LogP contribution in [-0.4, -0.2) is 57.6 Å². The molecule has 0 amide bonds. The predicted molar refractivity (Wildman–Crippen MR) is 176 cm³/mol. The van der Waals surface area contributed by atoms with Crippen LogP contribution in [0.25, 0.3) is 11.1 Å². The Morgan fingerprint density at radius 3 is 2.34 bits per heavy atom. The summed E-state index contributed by atoms with van der Waals surface area (Å²) >= 11 is 0. The van der Waals surface area contributed by atoms with E-state index in [1.54, 1.807) is 9.25 Å². The van der Waals surface area contributed by atoms with Gasteiger partial charge in [-0.2, -0.15) is 5.10 Å². The van der Waals surface area contributed by atoms with Gasteiger partial charge < -0.3 is 14.7 Å². The zero-order valence-electron chi connectivity index (χ0n) is 27.0. The molecule has 0 saturated heterocycles. The van der Waals surface area contributed by atoms with Crippen molar-refractivity contribution in [2.45, 2.75) is 71.9 Å². The summed E-state index contributed by atoms with van der Waals surface area (Å²) in [5.41, 5.74) is 6.16. The molecule has 8 nitrogen and oxygen atoms in total. The second kappa shape index (κ2) is 14.5. The van der Waals surface area contributed by atoms with E-state index >= 15 is 0 Å². The Hall–Kier alpha value is -4.17. The summed E-state index contributed by atoms with van der Waals surface area (Å²) in [4.78, 5) is 26.7. The average molecular weight is 599 g/mol. The van der Waals surface area contributed by atoms with Crippen molar-refractivity contribution in [2.24, 2.45) is 0 Å². The van der Waals surface area contributed by atoms with Gasteiger partial charge in [0, 0.05) is 25.1 Å². The number of aromatic nitrogens is 3. The molecule has 8 heteroatoms. The molecule has 0 saturated carbocycles. The van der Waals surface area contributed by atoms with Crippen molar-refractivity contribution < 1.29 is 14.6 Å². The van der Waals surface area contributed by atoms with Crippen LogP contribution in [0.15, 0.2) is 71.5 Å². The number of rotatable bonds is 14. The molecule has 0 aliphatic heterocycles. The molecule has 0 bridgehead atoms. The molecule has 4 rings (SSSR count). The molecule has 1 heterocycles. The number of carboxylic acid groups (broad SMARTS) is 1. The fourth-order valence-electron chi connectivity index (χ4n) is 5.27. The number of carbonyl (C=O) groups is 1. The number of hydrogen-bond acceptors (Lipinski definition) is 5. The third-order valence-corrected chi connectivity index (χ3v) is 7.79. The molecule has 44 heavy (non-hydrogen) atoms. The fourth-order valence-corrected chi connectivity index (χ4v) is 5.27. The van der Waals surface area contributed by atoms with Gasteiger partial charge >= 0.3 is 11.7 Å². The largest absolute Gasteiger partial charge is 0.492 e. The Morgan fingerprint density at radius 1 is 0.955 bits per heavy atom. The van der Waals surface area contributed by atoms with Gasteiger partial charge in [-0.05, 0) is 79.2 Å². The average Bonchev–Trinajstić information content (AvgIpc) is 3.26. The summed E-state index contributed by atoms with van der Waals surface area (Å²) in [5, 5.41) is 14.2. The number of benzene rings is 3. The van der Waals surface area contributed by atoms with E-state index in [0.29, 0.717) is 37.4 Å². The van der Waals surface area contributed by atoms with Crippen molar-refractivity contribution in [3.8, 4) is 16.9 Å². The van der Waals surface area contributed by atoms with E-state index in [4.69, 9.17) is 9.84 Å². The van der Waals surface area contributed by atoms with Gasteiger partial charge in [0.15, 0.2) is 0 Å².